The van der Waals surface area contributed by atoms with Gasteiger partial charge < -0.3 is 0 Å². The molecule has 8 rings (SSSR count). The van der Waals surface area contributed by atoms with Crippen molar-refractivity contribution in [2.45, 2.75) is 0 Å². The van der Waals surface area contributed by atoms with Crippen LogP contribution < -0.4 is 5.12 Å². The lowest BCUT2D eigenvalue weighted by atomic mass is 10.2. The average molecular weight is 475 g/mol. The van der Waals surface area contributed by atoms with Crippen LogP contribution in [0.2, 0.25) is 0 Å². The van der Waals surface area contributed by atoms with E-state index >= 15 is 0 Å². The summed E-state index contributed by atoms with van der Waals surface area (Å²) in [6.07, 6.45) is 1.88. The standard InChI is InChI=1S/C33H22N4/c1-5-17-28-24(13-1)25-14-2-6-18-29(25)35(28)37(32-21-9-11-23-12-10-22-34-33(23)32)36-30-19-7-3-15-26(30)27-16-4-8-20-31(27)36/h1-22H. The van der Waals surface area contributed by atoms with Crippen molar-refractivity contribution in [3.05, 3.63) is 134 Å². The van der Waals surface area contributed by atoms with Crippen LogP contribution in [0.5, 0.6) is 0 Å². The van der Waals surface area contributed by atoms with Gasteiger partial charge in [-0.25, -0.2) is 9.35 Å². The highest BCUT2D eigenvalue weighted by Gasteiger charge is 2.24. The Morgan fingerprint density at radius 1 is 0.432 bits per heavy atom. The second-order valence-corrected chi connectivity index (χ2v) is 9.33. The number of nitrogens with zero attached hydrogens (tertiary/aromatic N) is 4. The van der Waals surface area contributed by atoms with E-state index in [9.17, 15) is 0 Å². The zero-order chi connectivity index (χ0) is 24.3. The molecule has 5 aromatic carbocycles. The first kappa shape index (κ1) is 20.1. The van der Waals surface area contributed by atoms with Crippen LogP contribution in [-0.4, -0.2) is 14.3 Å². The molecular formula is C33H22N4. The Labute approximate surface area is 213 Å². The van der Waals surface area contributed by atoms with Gasteiger partial charge in [0.05, 0.1) is 27.6 Å². The predicted octanol–water partition coefficient (Wildman–Crippen LogP) is 8.18. The lowest BCUT2D eigenvalue weighted by molar-refractivity contribution is 0.677. The molecule has 0 bridgehead atoms. The fourth-order valence-corrected chi connectivity index (χ4v) is 5.77. The van der Waals surface area contributed by atoms with E-state index in [-0.39, 0.29) is 0 Å². The van der Waals surface area contributed by atoms with Crippen molar-refractivity contribution in [1.82, 2.24) is 14.3 Å². The molecule has 0 aliphatic rings. The van der Waals surface area contributed by atoms with Gasteiger partial charge in [0, 0.05) is 33.1 Å². The quantitative estimate of drug-likeness (QED) is 0.258. The van der Waals surface area contributed by atoms with Crippen molar-refractivity contribution >= 4 is 60.2 Å². The molecule has 0 unspecified atom stereocenters. The Morgan fingerprint density at radius 2 is 0.865 bits per heavy atom. The van der Waals surface area contributed by atoms with Gasteiger partial charge in [0.25, 0.3) is 0 Å². The Bertz CT molecular complexity index is 1890. The maximum Gasteiger partial charge on any atom is 0.109 e. The third kappa shape index (κ3) is 2.81. The van der Waals surface area contributed by atoms with Crippen LogP contribution >= 0.6 is 0 Å². The topological polar surface area (TPSA) is 26.0 Å². The molecule has 0 spiro atoms. The predicted molar refractivity (Wildman–Crippen MR) is 154 cm³/mol. The fraction of sp³-hybridized carbons (Fsp3) is 0. The lowest BCUT2D eigenvalue weighted by Crippen LogP contribution is -2.35. The Balaban J connectivity index is 1.62. The van der Waals surface area contributed by atoms with Gasteiger partial charge in [0.15, 0.2) is 0 Å². The summed E-state index contributed by atoms with van der Waals surface area (Å²) in [7, 11) is 0. The van der Waals surface area contributed by atoms with Gasteiger partial charge in [0.1, 0.15) is 5.69 Å². The highest BCUT2D eigenvalue weighted by atomic mass is 15.8. The van der Waals surface area contributed by atoms with Crippen LogP contribution in [0.25, 0.3) is 54.5 Å². The smallest absolute Gasteiger partial charge is 0.109 e. The Morgan fingerprint density at radius 3 is 1.35 bits per heavy atom. The molecule has 0 radical (unpaired) electrons. The summed E-state index contributed by atoms with van der Waals surface area (Å²) < 4.78 is 4.68. The molecule has 4 heteroatoms. The Hall–Kier alpha value is -5.09. The number of rotatable bonds is 3. The lowest BCUT2D eigenvalue weighted by Gasteiger charge is -2.31. The molecule has 0 fully saturated rings. The first-order valence-corrected chi connectivity index (χ1v) is 12.5. The molecule has 0 N–H and O–H groups in total. The first-order valence-electron chi connectivity index (χ1n) is 12.5. The van der Waals surface area contributed by atoms with E-state index < -0.39 is 0 Å². The van der Waals surface area contributed by atoms with E-state index in [0.29, 0.717) is 0 Å². The fourth-order valence-electron chi connectivity index (χ4n) is 5.77. The number of fused-ring (bicyclic) bond motifs is 7. The molecule has 0 amide bonds. The summed E-state index contributed by atoms with van der Waals surface area (Å²) in [6.45, 7) is 0. The van der Waals surface area contributed by atoms with E-state index in [1.807, 2.05) is 12.3 Å². The molecule has 0 saturated carbocycles. The van der Waals surface area contributed by atoms with Crippen molar-refractivity contribution < 1.29 is 0 Å². The third-order valence-corrected chi connectivity index (χ3v) is 7.32. The number of benzene rings is 5. The highest BCUT2D eigenvalue weighted by Crippen LogP contribution is 2.38. The van der Waals surface area contributed by atoms with Crippen LogP contribution in [0, 0.1) is 0 Å². The second kappa shape index (κ2) is 7.70. The minimum atomic E-state index is 0.953. The van der Waals surface area contributed by atoms with Crippen LogP contribution in [0.1, 0.15) is 0 Å². The molecule has 0 aliphatic heterocycles. The summed E-state index contributed by atoms with van der Waals surface area (Å²) in [5.41, 5.74) is 6.51. The van der Waals surface area contributed by atoms with Gasteiger partial charge in [-0.2, -0.15) is 5.12 Å². The number of para-hydroxylation sites is 5. The second-order valence-electron chi connectivity index (χ2n) is 9.33. The van der Waals surface area contributed by atoms with Gasteiger partial charge in [-0.3, -0.25) is 4.98 Å². The number of aromatic nitrogens is 3. The van der Waals surface area contributed by atoms with Crippen molar-refractivity contribution in [2.75, 3.05) is 5.12 Å². The summed E-state index contributed by atoms with van der Waals surface area (Å²) >= 11 is 0. The SMILES string of the molecule is c1cnc2c(N(n3c4ccccc4c4ccccc43)n3c4ccccc4c4ccccc43)cccc2c1. The number of hydrogen-bond donors (Lipinski definition) is 0. The van der Waals surface area contributed by atoms with Gasteiger partial charge >= 0.3 is 0 Å². The largest absolute Gasteiger partial charge is 0.254 e. The third-order valence-electron chi connectivity index (χ3n) is 7.32. The van der Waals surface area contributed by atoms with Gasteiger partial charge in [0.2, 0.25) is 0 Å². The molecule has 3 aromatic heterocycles. The van der Waals surface area contributed by atoms with Crippen molar-refractivity contribution in [2.24, 2.45) is 0 Å². The van der Waals surface area contributed by atoms with E-state index in [4.69, 9.17) is 4.98 Å². The maximum absolute atomic E-state index is 4.87. The van der Waals surface area contributed by atoms with Gasteiger partial charge in [-0.05, 0) is 36.4 Å². The van der Waals surface area contributed by atoms with E-state index in [1.54, 1.807) is 0 Å². The van der Waals surface area contributed by atoms with Crippen LogP contribution in [0.3, 0.4) is 0 Å². The first-order chi connectivity index (χ1) is 18.4. The Kier molecular flexibility index (Phi) is 4.19. The zero-order valence-electron chi connectivity index (χ0n) is 20.0. The number of pyridine rings is 1. The molecule has 8 aromatic rings. The molecule has 4 nitrogen and oxygen atoms in total. The minimum absolute atomic E-state index is 0.953. The normalized spacial score (nSPS) is 11.8. The number of anilines is 1. The van der Waals surface area contributed by atoms with E-state index in [2.05, 4.69) is 136 Å². The molecule has 37 heavy (non-hydrogen) atoms. The average Bonchev–Trinajstić information content (AvgIpc) is 3.48. The summed E-state index contributed by atoms with van der Waals surface area (Å²) in [6, 6.07) is 45.1. The minimum Gasteiger partial charge on any atom is -0.254 e. The maximum atomic E-state index is 4.87. The monoisotopic (exact) mass is 474 g/mol. The molecule has 3 heterocycles. The van der Waals surface area contributed by atoms with Crippen molar-refractivity contribution in [3.63, 3.8) is 0 Å². The summed E-state index contributed by atoms with van der Waals surface area (Å²) in [5, 5.41) is 8.29. The van der Waals surface area contributed by atoms with Crippen LogP contribution in [0.4, 0.5) is 5.69 Å². The van der Waals surface area contributed by atoms with Gasteiger partial charge in [-0.1, -0.05) is 91.0 Å². The van der Waals surface area contributed by atoms with E-state index in [0.717, 1.165) is 38.7 Å². The number of hydrogen-bond acceptors (Lipinski definition) is 2. The van der Waals surface area contributed by atoms with Crippen molar-refractivity contribution in [1.29, 1.82) is 0 Å². The molecule has 0 saturated heterocycles. The summed E-state index contributed by atoms with van der Waals surface area (Å²) in [4.78, 5) is 4.87. The molecule has 0 atom stereocenters. The molecule has 0 aliphatic carbocycles. The highest BCUT2D eigenvalue weighted by molar-refractivity contribution is 6.11. The van der Waals surface area contributed by atoms with Gasteiger partial charge in [-0.15, -0.1) is 0 Å². The molecule has 174 valence electrons. The van der Waals surface area contributed by atoms with Crippen molar-refractivity contribution in [3.8, 4) is 0 Å². The molecular weight excluding hydrogens is 452 g/mol. The van der Waals surface area contributed by atoms with Crippen LogP contribution in [0.15, 0.2) is 134 Å². The zero-order valence-corrected chi connectivity index (χ0v) is 20.0. The van der Waals surface area contributed by atoms with Crippen LogP contribution in [-0.2, 0) is 0 Å². The van der Waals surface area contributed by atoms with E-state index in [1.165, 1.54) is 21.5 Å². The summed E-state index contributed by atoms with van der Waals surface area (Å²) in [5.74, 6) is 0.